The lowest BCUT2D eigenvalue weighted by Crippen LogP contribution is -2.30. The fourth-order valence-corrected chi connectivity index (χ4v) is 1.32. The number of carbonyl (C=O) groups excluding carboxylic acids is 1. The highest BCUT2D eigenvalue weighted by Gasteiger charge is 2.13. The number of rotatable bonds is 6. The Morgan fingerprint density at radius 3 is 2.88 bits per heavy atom. The Balaban J connectivity index is 2.38. The first-order valence-electron chi connectivity index (χ1n) is 5.12. The molecule has 6 heteroatoms. The van der Waals surface area contributed by atoms with E-state index in [0.717, 1.165) is 6.42 Å². The highest BCUT2D eigenvalue weighted by atomic mass is 16.4. The van der Waals surface area contributed by atoms with Gasteiger partial charge in [-0.05, 0) is 12.0 Å². The van der Waals surface area contributed by atoms with Crippen LogP contribution in [0.5, 0.6) is 0 Å². The van der Waals surface area contributed by atoms with E-state index in [9.17, 15) is 9.59 Å². The first-order valence-corrected chi connectivity index (χ1v) is 5.12. The number of carbonyl (C=O) groups is 2. The van der Waals surface area contributed by atoms with Crippen LogP contribution < -0.4 is 5.32 Å². The van der Waals surface area contributed by atoms with Crippen molar-refractivity contribution in [2.24, 2.45) is 5.92 Å². The van der Waals surface area contributed by atoms with Crippen LogP contribution in [-0.4, -0.2) is 33.7 Å². The van der Waals surface area contributed by atoms with Gasteiger partial charge in [-0.3, -0.25) is 14.7 Å². The summed E-state index contributed by atoms with van der Waals surface area (Å²) in [6, 6.07) is 1.56. The van der Waals surface area contributed by atoms with Crippen molar-refractivity contribution in [1.29, 1.82) is 0 Å². The van der Waals surface area contributed by atoms with Crippen LogP contribution >= 0.6 is 0 Å². The van der Waals surface area contributed by atoms with E-state index in [0.29, 0.717) is 12.2 Å². The molecule has 1 atom stereocenters. The van der Waals surface area contributed by atoms with Gasteiger partial charge in [0.2, 0.25) is 0 Å². The zero-order chi connectivity index (χ0) is 12.0. The number of hydrogen-bond donors (Lipinski definition) is 3. The second kappa shape index (κ2) is 5.89. The predicted molar refractivity (Wildman–Crippen MR) is 57.0 cm³/mol. The van der Waals surface area contributed by atoms with Gasteiger partial charge in [-0.15, -0.1) is 0 Å². The summed E-state index contributed by atoms with van der Waals surface area (Å²) in [5.74, 6) is -1.15. The van der Waals surface area contributed by atoms with Gasteiger partial charge < -0.3 is 10.4 Å². The van der Waals surface area contributed by atoms with E-state index in [4.69, 9.17) is 5.11 Å². The number of aliphatic carboxylic acids is 1. The third kappa shape index (κ3) is 3.72. The van der Waals surface area contributed by atoms with Crippen LogP contribution in [0.2, 0.25) is 0 Å². The van der Waals surface area contributed by atoms with Crippen molar-refractivity contribution in [3.8, 4) is 0 Å². The summed E-state index contributed by atoms with van der Waals surface area (Å²) in [7, 11) is 0. The van der Waals surface area contributed by atoms with Crippen LogP contribution in [0, 0.1) is 5.92 Å². The fraction of sp³-hybridized carbons (Fsp3) is 0.500. The Labute approximate surface area is 93.1 Å². The van der Waals surface area contributed by atoms with Gasteiger partial charge in [0, 0.05) is 19.2 Å². The van der Waals surface area contributed by atoms with Gasteiger partial charge in [-0.1, -0.05) is 13.3 Å². The SMILES string of the molecule is CCC(CNC(=O)c1ccn[nH]1)CC(=O)O. The molecule has 0 aliphatic carbocycles. The Morgan fingerprint density at radius 1 is 1.62 bits per heavy atom. The molecule has 0 saturated carbocycles. The normalized spacial score (nSPS) is 12.1. The van der Waals surface area contributed by atoms with Crippen LogP contribution in [0.25, 0.3) is 0 Å². The molecular formula is C10H15N3O3. The van der Waals surface area contributed by atoms with Crippen molar-refractivity contribution in [3.63, 3.8) is 0 Å². The number of carboxylic acid groups (broad SMARTS) is 1. The minimum atomic E-state index is -0.845. The summed E-state index contributed by atoms with van der Waals surface area (Å²) < 4.78 is 0. The number of hydrogen-bond acceptors (Lipinski definition) is 3. The average Bonchev–Trinajstić information content (AvgIpc) is 2.76. The molecule has 3 N–H and O–H groups in total. The summed E-state index contributed by atoms with van der Waals surface area (Å²) in [5.41, 5.74) is 0.380. The number of aromatic nitrogens is 2. The number of aromatic amines is 1. The molecule has 0 aliphatic rings. The number of nitrogens with one attached hydrogen (secondary N) is 2. The number of H-pyrrole nitrogens is 1. The maximum Gasteiger partial charge on any atom is 0.303 e. The van der Waals surface area contributed by atoms with E-state index in [1.54, 1.807) is 6.07 Å². The van der Waals surface area contributed by atoms with Gasteiger partial charge in [-0.25, -0.2) is 0 Å². The zero-order valence-corrected chi connectivity index (χ0v) is 9.06. The van der Waals surface area contributed by atoms with Crippen molar-refractivity contribution >= 4 is 11.9 Å². The molecule has 88 valence electrons. The minimum Gasteiger partial charge on any atom is -0.481 e. The second-order valence-electron chi connectivity index (χ2n) is 3.55. The second-order valence-corrected chi connectivity index (χ2v) is 3.55. The predicted octanol–water partition coefficient (Wildman–Crippen LogP) is 0.640. The summed E-state index contributed by atoms with van der Waals surface area (Å²) in [6.45, 7) is 2.26. The molecule has 0 aromatic carbocycles. The van der Waals surface area contributed by atoms with Gasteiger partial charge in [-0.2, -0.15) is 5.10 Å². The van der Waals surface area contributed by atoms with Crippen LogP contribution in [-0.2, 0) is 4.79 Å². The van der Waals surface area contributed by atoms with Crippen molar-refractivity contribution in [2.45, 2.75) is 19.8 Å². The van der Waals surface area contributed by atoms with E-state index < -0.39 is 5.97 Å². The molecular weight excluding hydrogens is 210 g/mol. The Morgan fingerprint density at radius 2 is 2.38 bits per heavy atom. The molecule has 0 saturated heterocycles. The molecule has 1 aromatic rings. The van der Waals surface area contributed by atoms with E-state index >= 15 is 0 Å². The molecule has 1 amide bonds. The average molecular weight is 225 g/mol. The first kappa shape index (κ1) is 12.2. The largest absolute Gasteiger partial charge is 0.481 e. The van der Waals surface area contributed by atoms with Gasteiger partial charge in [0.15, 0.2) is 0 Å². The summed E-state index contributed by atoms with van der Waals surface area (Å²) in [4.78, 5) is 22.0. The van der Waals surface area contributed by atoms with E-state index in [-0.39, 0.29) is 18.2 Å². The van der Waals surface area contributed by atoms with Gasteiger partial charge >= 0.3 is 5.97 Å². The van der Waals surface area contributed by atoms with Crippen LogP contribution in [0.3, 0.4) is 0 Å². The monoisotopic (exact) mass is 225 g/mol. The van der Waals surface area contributed by atoms with Crippen molar-refractivity contribution < 1.29 is 14.7 Å². The van der Waals surface area contributed by atoms with Crippen LogP contribution in [0.4, 0.5) is 0 Å². The summed E-state index contributed by atoms with van der Waals surface area (Å²) in [6.07, 6.45) is 2.28. The van der Waals surface area contributed by atoms with Gasteiger partial charge in [0.05, 0.1) is 0 Å². The van der Waals surface area contributed by atoms with Crippen molar-refractivity contribution in [1.82, 2.24) is 15.5 Å². The molecule has 6 nitrogen and oxygen atoms in total. The first-order chi connectivity index (χ1) is 7.63. The number of nitrogens with zero attached hydrogens (tertiary/aromatic N) is 1. The fourth-order valence-electron chi connectivity index (χ4n) is 1.32. The molecule has 1 aromatic heterocycles. The lowest BCUT2D eigenvalue weighted by atomic mass is 10.0. The van der Waals surface area contributed by atoms with Gasteiger partial charge in [0.1, 0.15) is 5.69 Å². The molecule has 0 fully saturated rings. The standard InChI is InChI=1S/C10H15N3O3/c1-2-7(5-9(14)15)6-11-10(16)8-3-4-12-13-8/h3-4,7H,2,5-6H2,1H3,(H,11,16)(H,12,13)(H,14,15). The topological polar surface area (TPSA) is 95.1 Å². The smallest absolute Gasteiger partial charge is 0.303 e. The molecule has 16 heavy (non-hydrogen) atoms. The van der Waals surface area contributed by atoms with Crippen LogP contribution in [0.15, 0.2) is 12.3 Å². The van der Waals surface area contributed by atoms with Crippen molar-refractivity contribution in [3.05, 3.63) is 18.0 Å². The highest BCUT2D eigenvalue weighted by Crippen LogP contribution is 2.06. The molecule has 0 bridgehead atoms. The Hall–Kier alpha value is -1.85. The molecule has 0 aliphatic heterocycles. The maximum atomic E-state index is 11.5. The summed E-state index contributed by atoms with van der Waals surface area (Å²) >= 11 is 0. The third-order valence-corrected chi connectivity index (χ3v) is 2.34. The van der Waals surface area contributed by atoms with E-state index in [2.05, 4.69) is 15.5 Å². The molecule has 1 unspecified atom stereocenters. The number of amides is 1. The lowest BCUT2D eigenvalue weighted by Gasteiger charge is -2.12. The zero-order valence-electron chi connectivity index (χ0n) is 9.06. The molecule has 0 spiro atoms. The quantitative estimate of drug-likeness (QED) is 0.662. The van der Waals surface area contributed by atoms with Gasteiger partial charge in [0.25, 0.3) is 5.91 Å². The molecule has 0 radical (unpaired) electrons. The van der Waals surface area contributed by atoms with Crippen molar-refractivity contribution in [2.75, 3.05) is 6.54 Å². The van der Waals surface area contributed by atoms with E-state index in [1.165, 1.54) is 6.20 Å². The Kier molecular flexibility index (Phi) is 4.50. The number of carboxylic acids is 1. The third-order valence-electron chi connectivity index (χ3n) is 2.34. The highest BCUT2D eigenvalue weighted by molar-refractivity contribution is 5.92. The molecule has 1 rings (SSSR count). The minimum absolute atomic E-state index is 0.0376. The molecule has 1 heterocycles. The summed E-state index contributed by atoms with van der Waals surface area (Å²) in [5, 5.41) is 17.5. The van der Waals surface area contributed by atoms with Crippen LogP contribution in [0.1, 0.15) is 30.3 Å². The Bertz CT molecular complexity index is 348. The lowest BCUT2D eigenvalue weighted by molar-refractivity contribution is -0.138. The van der Waals surface area contributed by atoms with E-state index in [1.807, 2.05) is 6.92 Å². The maximum absolute atomic E-state index is 11.5.